The maximum absolute atomic E-state index is 15.4. The van der Waals surface area contributed by atoms with Gasteiger partial charge in [-0.05, 0) is 120 Å². The van der Waals surface area contributed by atoms with Gasteiger partial charge < -0.3 is 73.4 Å². The fourth-order valence-electron chi connectivity index (χ4n) is 11.8. The van der Waals surface area contributed by atoms with E-state index in [-0.39, 0.29) is 50.4 Å². The molecule has 80 heavy (non-hydrogen) atoms. The Hall–Kier alpha value is -4.35. The summed E-state index contributed by atoms with van der Waals surface area (Å²) in [4.78, 5) is 34.6. The first-order valence-electron chi connectivity index (χ1n) is 28.0. The predicted octanol–water partition coefficient (Wildman–Crippen LogP) is 2.67. The SMILES string of the molecule is CC[C@H]1OC(=O)[C@H](C)[C@@H](O[C@H]2C[C@@](C)(OC)[C@@H](O)[C@H](C)O2)C[C@@H](O[C@@H]2O[C@H](C)C[C@H](N(C)CCc3cn(C[C@H]4CN(c5ccc(-n6cc(CN(C)C)nn6)c(F)c5)C(=O)O4)nn3)[C@H]2O)[C@](C)(O)C[C@@H](C)CN(C)[C@H](C)[C@@H](O)[C@]1(C)O. The molecule has 18 atom stereocenters. The number of aliphatic hydroxyl groups is 5. The summed E-state index contributed by atoms with van der Waals surface area (Å²) in [6.07, 6.45) is -6.87. The Balaban J connectivity index is 1.05. The van der Waals surface area contributed by atoms with Crippen LogP contribution in [-0.2, 0) is 57.5 Å². The van der Waals surface area contributed by atoms with Crippen LogP contribution in [0.3, 0.4) is 0 Å². The third-order valence-electron chi connectivity index (χ3n) is 16.8. The molecule has 0 bridgehead atoms. The molecule has 2 aromatic heterocycles. The number of halogens is 1. The van der Waals surface area contributed by atoms with Crippen molar-refractivity contribution in [2.75, 3.05) is 59.8 Å². The molecule has 450 valence electrons. The summed E-state index contributed by atoms with van der Waals surface area (Å²) >= 11 is 0. The molecular formula is C55H89FN10O14. The molecule has 24 nitrogen and oxygen atoms in total. The highest BCUT2D eigenvalue weighted by Crippen LogP contribution is 2.39. The third-order valence-corrected chi connectivity index (χ3v) is 16.8. The van der Waals surface area contributed by atoms with Crippen molar-refractivity contribution in [3.05, 3.63) is 47.8 Å². The van der Waals surface area contributed by atoms with Crippen LogP contribution in [0.15, 0.2) is 30.6 Å². The molecule has 4 aliphatic heterocycles. The summed E-state index contributed by atoms with van der Waals surface area (Å²) in [7, 11) is 8.99. The number of ether oxygens (including phenoxy) is 7. The fourth-order valence-corrected chi connectivity index (χ4v) is 11.8. The Morgan fingerprint density at radius 3 is 2.27 bits per heavy atom. The van der Waals surface area contributed by atoms with Crippen LogP contribution in [0.5, 0.6) is 0 Å². The molecule has 7 rings (SSSR count). The highest BCUT2D eigenvalue weighted by Gasteiger charge is 2.51. The number of amides is 1. The number of nitrogens with zero attached hydrogens (tertiary/aromatic N) is 10. The van der Waals surface area contributed by atoms with Gasteiger partial charge in [-0.3, -0.25) is 9.69 Å². The first kappa shape index (κ1) is 63.2. The molecule has 0 aliphatic carbocycles. The van der Waals surface area contributed by atoms with E-state index in [0.29, 0.717) is 49.6 Å². The highest BCUT2D eigenvalue weighted by atomic mass is 19.1. The van der Waals surface area contributed by atoms with Crippen molar-refractivity contribution in [3.8, 4) is 5.69 Å². The molecular weight excluding hydrogens is 1040 g/mol. The van der Waals surface area contributed by atoms with Gasteiger partial charge >= 0.3 is 12.1 Å². The lowest BCUT2D eigenvalue weighted by molar-refractivity contribution is -0.308. The van der Waals surface area contributed by atoms with Crippen molar-refractivity contribution in [3.63, 3.8) is 0 Å². The number of benzene rings is 1. The molecule has 6 heterocycles. The van der Waals surface area contributed by atoms with Crippen molar-refractivity contribution in [2.24, 2.45) is 11.8 Å². The smallest absolute Gasteiger partial charge is 0.414 e. The number of esters is 1. The molecule has 0 saturated carbocycles. The van der Waals surface area contributed by atoms with Gasteiger partial charge in [0.05, 0.1) is 77.9 Å². The lowest BCUT2D eigenvalue weighted by atomic mass is 9.83. The average Bonchev–Trinajstić information content (AvgIpc) is 4.15. The number of aromatic nitrogens is 6. The molecule has 4 saturated heterocycles. The number of carbonyl (C=O) groups is 2. The van der Waals surface area contributed by atoms with Crippen molar-refractivity contribution < 1.29 is 72.7 Å². The van der Waals surface area contributed by atoms with Crippen LogP contribution >= 0.6 is 0 Å². The van der Waals surface area contributed by atoms with E-state index in [1.165, 1.54) is 29.7 Å². The molecule has 0 radical (unpaired) electrons. The maximum atomic E-state index is 15.4. The first-order valence-corrected chi connectivity index (χ1v) is 28.0. The van der Waals surface area contributed by atoms with Crippen LogP contribution in [0.1, 0.15) is 106 Å². The number of cyclic esters (lactones) is 2. The summed E-state index contributed by atoms with van der Waals surface area (Å²) in [5, 5.41) is 76.4. The van der Waals surface area contributed by atoms with Gasteiger partial charge in [0.1, 0.15) is 41.8 Å². The number of carbonyl (C=O) groups excluding carboxylic acids is 2. The van der Waals surface area contributed by atoms with Gasteiger partial charge in [0, 0.05) is 64.3 Å². The quantitative estimate of drug-likeness (QED) is 0.129. The van der Waals surface area contributed by atoms with Crippen LogP contribution in [0.2, 0.25) is 0 Å². The summed E-state index contributed by atoms with van der Waals surface area (Å²) in [6, 6.07) is 3.36. The van der Waals surface area contributed by atoms with Crippen molar-refractivity contribution in [1.29, 1.82) is 0 Å². The van der Waals surface area contributed by atoms with Crippen molar-refractivity contribution in [1.82, 2.24) is 44.7 Å². The second kappa shape index (κ2) is 26.1. The molecule has 1 aromatic carbocycles. The fraction of sp³-hybridized carbons (Fsp3) is 0.782. The van der Waals surface area contributed by atoms with E-state index < -0.39 is 120 Å². The van der Waals surface area contributed by atoms with Crippen LogP contribution in [0.25, 0.3) is 5.69 Å². The first-order chi connectivity index (χ1) is 37.5. The molecule has 5 N–H and O–H groups in total. The largest absolute Gasteiger partial charge is 0.459 e. The number of likely N-dealkylation sites (N-methyl/N-ethyl adjacent to an activating group) is 2. The van der Waals surface area contributed by atoms with Crippen molar-refractivity contribution in [2.45, 2.75) is 210 Å². The minimum absolute atomic E-state index is 0.0840. The standard InChI is InChI=1S/C55H89FN10O14/c1-15-44-55(9,73)48(68)34(5)63(13)25-31(2)23-53(7,72)45(22-43(33(4)50(70)79-44)78-46-24-54(8,74-14)49(69)35(6)76-46)80-51-47(67)42(20-32(3)75-51)62(12)19-18-36-27-64(59-57-36)29-39-30-65(52(71)77-39)38-16-17-41(40(56)21-38)66-28-37(58-60-66)26-61(10)11/h16-17,21,27-28,31-35,39,42-49,51,67-69,72-73H,15,18-20,22-26,29-30H2,1-14H3/t31-,32-,33-,34-,35+,39+,42+,43+,44-,45-,46+,47-,48-,49+,51+,53-,54-,55-/m1/s1. The van der Waals surface area contributed by atoms with Crippen LogP contribution in [0.4, 0.5) is 14.9 Å². The Morgan fingerprint density at radius 1 is 0.887 bits per heavy atom. The second-order valence-electron chi connectivity index (χ2n) is 24.0. The number of anilines is 1. The van der Waals surface area contributed by atoms with Gasteiger partial charge in [0.2, 0.25) is 0 Å². The van der Waals surface area contributed by atoms with E-state index in [1.807, 2.05) is 56.7 Å². The maximum Gasteiger partial charge on any atom is 0.414 e. The zero-order valence-electron chi connectivity index (χ0n) is 49.1. The zero-order valence-corrected chi connectivity index (χ0v) is 49.1. The van der Waals surface area contributed by atoms with Gasteiger partial charge in [-0.2, -0.15) is 0 Å². The van der Waals surface area contributed by atoms with E-state index in [9.17, 15) is 35.1 Å². The van der Waals surface area contributed by atoms with E-state index in [1.54, 1.807) is 70.8 Å². The Labute approximate surface area is 469 Å². The highest BCUT2D eigenvalue weighted by molar-refractivity contribution is 5.89. The van der Waals surface area contributed by atoms with Gasteiger partial charge in [0.15, 0.2) is 18.4 Å². The molecule has 3 aromatic rings. The molecule has 0 spiro atoms. The van der Waals surface area contributed by atoms with E-state index >= 15 is 4.39 Å². The minimum Gasteiger partial charge on any atom is -0.459 e. The Bertz CT molecular complexity index is 2520. The second-order valence-corrected chi connectivity index (χ2v) is 24.0. The summed E-state index contributed by atoms with van der Waals surface area (Å²) in [6.45, 7) is 17.3. The molecule has 25 heteroatoms. The number of methoxy groups -OCH3 is 1. The Kier molecular flexibility index (Phi) is 20.6. The minimum atomic E-state index is -1.85. The zero-order chi connectivity index (χ0) is 58.8. The van der Waals surface area contributed by atoms with Crippen LogP contribution in [-0.4, -0.2) is 234 Å². The Morgan fingerprint density at radius 2 is 1.60 bits per heavy atom. The van der Waals surface area contributed by atoms with Gasteiger partial charge in [-0.1, -0.05) is 24.3 Å². The number of rotatable bonds is 16. The molecule has 4 aliphatic rings. The summed E-state index contributed by atoms with van der Waals surface area (Å²) in [5.74, 6) is -2.60. The van der Waals surface area contributed by atoms with Crippen LogP contribution in [0, 0.1) is 17.7 Å². The van der Waals surface area contributed by atoms with Crippen molar-refractivity contribution >= 4 is 17.7 Å². The predicted molar refractivity (Wildman–Crippen MR) is 289 cm³/mol. The molecule has 1 amide bonds. The average molecular weight is 1130 g/mol. The summed E-state index contributed by atoms with van der Waals surface area (Å²) in [5.41, 5.74) is -2.72. The molecule has 0 unspecified atom stereocenters. The summed E-state index contributed by atoms with van der Waals surface area (Å²) < 4.78 is 62.0. The lowest BCUT2D eigenvalue weighted by Gasteiger charge is -2.47. The third kappa shape index (κ3) is 14.7. The van der Waals surface area contributed by atoms with Crippen LogP contribution < -0.4 is 4.90 Å². The lowest BCUT2D eigenvalue weighted by Crippen LogP contribution is -2.59. The molecule has 4 fully saturated rings. The van der Waals surface area contributed by atoms with E-state index in [4.69, 9.17) is 33.2 Å². The van der Waals surface area contributed by atoms with Gasteiger partial charge in [-0.25, -0.2) is 18.5 Å². The van der Waals surface area contributed by atoms with Gasteiger partial charge in [0.25, 0.3) is 0 Å². The van der Waals surface area contributed by atoms with E-state index in [0.717, 1.165) is 0 Å². The number of hydrogen-bond donors (Lipinski definition) is 5. The topological polar surface area (TPSA) is 274 Å². The van der Waals surface area contributed by atoms with E-state index in [2.05, 4.69) is 20.6 Å². The van der Waals surface area contributed by atoms with Gasteiger partial charge in [-0.15, -0.1) is 10.2 Å². The monoisotopic (exact) mass is 1130 g/mol. The normalized spacial score (nSPS) is 37.4. The number of aliphatic hydroxyl groups excluding tert-OH is 3. The number of hydrogen-bond acceptors (Lipinski definition) is 21.